The number of nitrogens with zero attached hydrogens (tertiary/aromatic N) is 4. The predicted molar refractivity (Wildman–Crippen MR) is 79.8 cm³/mol. The number of hydrogen-bond donors (Lipinski definition) is 1. The molecular formula is C13H21N5O3. The molecule has 8 nitrogen and oxygen atoms in total. The maximum Gasteiger partial charge on any atom is 0.332 e. The van der Waals surface area contributed by atoms with Gasteiger partial charge in [0, 0.05) is 13.1 Å². The lowest BCUT2D eigenvalue weighted by Gasteiger charge is -2.37. The van der Waals surface area contributed by atoms with Crippen molar-refractivity contribution in [3.05, 3.63) is 15.8 Å². The van der Waals surface area contributed by atoms with Crippen molar-refractivity contribution in [2.75, 3.05) is 29.9 Å². The molecule has 1 aromatic heterocycles. The van der Waals surface area contributed by atoms with E-state index in [0.29, 0.717) is 37.2 Å². The summed E-state index contributed by atoms with van der Waals surface area (Å²) in [5.41, 5.74) is 0.338. The molecule has 0 spiro atoms. The zero-order valence-corrected chi connectivity index (χ0v) is 12.8. The summed E-state index contributed by atoms with van der Waals surface area (Å²) in [4.78, 5) is 21.4. The molecule has 0 aliphatic carbocycles. The van der Waals surface area contributed by atoms with Crippen LogP contribution in [0.3, 0.4) is 0 Å². The predicted octanol–water partition coefficient (Wildman–Crippen LogP) is 1.74. The Bertz CT molecular complexity index is 537. The number of rotatable bonds is 4. The van der Waals surface area contributed by atoms with Gasteiger partial charge in [-0.1, -0.05) is 0 Å². The zero-order valence-electron chi connectivity index (χ0n) is 12.8. The maximum atomic E-state index is 11.4. The summed E-state index contributed by atoms with van der Waals surface area (Å²) in [6, 6.07) is 0.0312. The van der Waals surface area contributed by atoms with Crippen molar-refractivity contribution in [3.8, 4) is 0 Å². The van der Waals surface area contributed by atoms with Crippen LogP contribution in [-0.4, -0.2) is 46.7 Å². The minimum Gasteiger partial charge on any atom is -0.375 e. The number of aryl methyl sites for hydroxylation is 1. The quantitative estimate of drug-likeness (QED) is 0.668. The van der Waals surface area contributed by atoms with Crippen molar-refractivity contribution in [1.29, 1.82) is 0 Å². The van der Waals surface area contributed by atoms with Gasteiger partial charge in [-0.25, -0.2) is 4.98 Å². The molecule has 0 aromatic carbocycles. The highest BCUT2D eigenvalue weighted by atomic mass is 16.6. The third-order valence-electron chi connectivity index (χ3n) is 3.44. The van der Waals surface area contributed by atoms with Gasteiger partial charge in [-0.2, -0.15) is 4.98 Å². The summed E-state index contributed by atoms with van der Waals surface area (Å²) < 4.78 is 5.58. The average Bonchev–Trinajstić information content (AvgIpc) is 2.40. The number of ether oxygens (including phenoxy) is 1. The van der Waals surface area contributed by atoms with E-state index in [4.69, 9.17) is 4.74 Å². The van der Waals surface area contributed by atoms with Gasteiger partial charge in [0.2, 0.25) is 11.8 Å². The van der Waals surface area contributed by atoms with Gasteiger partial charge in [0.25, 0.3) is 0 Å². The molecule has 0 saturated carbocycles. The summed E-state index contributed by atoms with van der Waals surface area (Å²) in [6.07, 6.45) is 0.0126. The van der Waals surface area contributed by atoms with Gasteiger partial charge in [0.15, 0.2) is 0 Å². The Morgan fingerprint density at radius 2 is 2.19 bits per heavy atom. The summed E-state index contributed by atoms with van der Waals surface area (Å²) in [5, 5.41) is 14.4. The van der Waals surface area contributed by atoms with E-state index in [2.05, 4.69) is 15.3 Å². The second kappa shape index (κ2) is 6.21. The minimum atomic E-state index is -0.409. The fourth-order valence-electron chi connectivity index (χ4n) is 2.40. The lowest BCUT2D eigenvalue weighted by molar-refractivity contribution is -0.385. The Balaban J connectivity index is 2.50. The van der Waals surface area contributed by atoms with Crippen molar-refractivity contribution < 1.29 is 9.66 Å². The largest absolute Gasteiger partial charge is 0.375 e. The van der Waals surface area contributed by atoms with Gasteiger partial charge in [-0.05, 0) is 27.7 Å². The van der Waals surface area contributed by atoms with Crippen LogP contribution in [0.2, 0.25) is 0 Å². The first-order valence-electron chi connectivity index (χ1n) is 7.09. The Kier molecular flexibility index (Phi) is 4.56. The summed E-state index contributed by atoms with van der Waals surface area (Å²) in [7, 11) is 0. The van der Waals surface area contributed by atoms with Crippen molar-refractivity contribution in [3.63, 3.8) is 0 Å². The molecule has 0 amide bonds. The van der Waals surface area contributed by atoms with E-state index in [1.807, 2.05) is 25.7 Å². The molecular weight excluding hydrogens is 274 g/mol. The molecule has 0 bridgehead atoms. The number of nitrogens with one attached hydrogen (secondary N) is 1. The standard InChI is InChI=1S/C13H21N5O3/c1-5-14-13-15-10(4)11(18(19)20)12(16-13)17-6-9(3)21-7-8(17)2/h8-9H,5-7H2,1-4H3,(H,14,15,16). The van der Waals surface area contributed by atoms with Crippen LogP contribution in [0.15, 0.2) is 0 Å². The summed E-state index contributed by atoms with van der Waals surface area (Å²) in [5.74, 6) is 0.785. The summed E-state index contributed by atoms with van der Waals surface area (Å²) >= 11 is 0. The van der Waals surface area contributed by atoms with E-state index in [0.717, 1.165) is 0 Å². The molecule has 2 heterocycles. The molecule has 1 aliphatic heterocycles. The van der Waals surface area contributed by atoms with E-state index in [-0.39, 0.29) is 17.8 Å². The first-order valence-corrected chi connectivity index (χ1v) is 7.09. The SMILES string of the molecule is CCNc1nc(C)c([N+](=O)[O-])c(N2CC(C)OCC2C)n1. The Morgan fingerprint density at radius 3 is 2.81 bits per heavy atom. The molecule has 116 valence electrons. The van der Waals surface area contributed by atoms with Gasteiger partial charge in [0.05, 0.1) is 23.7 Å². The molecule has 1 fully saturated rings. The van der Waals surface area contributed by atoms with Crippen LogP contribution in [0.5, 0.6) is 0 Å². The Morgan fingerprint density at radius 1 is 1.48 bits per heavy atom. The van der Waals surface area contributed by atoms with Gasteiger partial charge in [-0.3, -0.25) is 10.1 Å². The second-order valence-electron chi connectivity index (χ2n) is 5.24. The van der Waals surface area contributed by atoms with E-state index in [1.165, 1.54) is 0 Å². The van der Waals surface area contributed by atoms with E-state index < -0.39 is 4.92 Å². The van der Waals surface area contributed by atoms with Crippen LogP contribution in [0.4, 0.5) is 17.5 Å². The molecule has 21 heavy (non-hydrogen) atoms. The van der Waals surface area contributed by atoms with Crippen molar-refractivity contribution in [2.45, 2.75) is 39.8 Å². The Labute approximate surface area is 123 Å². The van der Waals surface area contributed by atoms with Crippen LogP contribution in [0.1, 0.15) is 26.5 Å². The lowest BCUT2D eigenvalue weighted by Crippen LogP contribution is -2.48. The molecule has 2 atom stereocenters. The molecule has 8 heteroatoms. The smallest absolute Gasteiger partial charge is 0.332 e. The monoisotopic (exact) mass is 295 g/mol. The fraction of sp³-hybridized carbons (Fsp3) is 0.692. The zero-order chi connectivity index (χ0) is 15.6. The highest BCUT2D eigenvalue weighted by Crippen LogP contribution is 2.32. The molecule has 0 radical (unpaired) electrons. The third-order valence-corrected chi connectivity index (χ3v) is 3.44. The van der Waals surface area contributed by atoms with Gasteiger partial charge in [0.1, 0.15) is 5.69 Å². The van der Waals surface area contributed by atoms with Gasteiger partial charge < -0.3 is 15.0 Å². The highest BCUT2D eigenvalue weighted by molar-refractivity contribution is 5.63. The third kappa shape index (κ3) is 3.21. The number of anilines is 2. The van der Waals surface area contributed by atoms with Crippen LogP contribution >= 0.6 is 0 Å². The van der Waals surface area contributed by atoms with Crippen molar-refractivity contribution in [1.82, 2.24) is 9.97 Å². The van der Waals surface area contributed by atoms with Crippen LogP contribution in [0, 0.1) is 17.0 Å². The lowest BCUT2D eigenvalue weighted by atomic mass is 10.2. The number of aromatic nitrogens is 2. The molecule has 1 aromatic rings. The normalized spacial score (nSPS) is 22.2. The molecule has 2 rings (SSSR count). The van der Waals surface area contributed by atoms with Crippen LogP contribution in [-0.2, 0) is 4.74 Å². The number of nitro groups is 1. The molecule has 1 saturated heterocycles. The topological polar surface area (TPSA) is 93.4 Å². The minimum absolute atomic E-state index is 0.0126. The van der Waals surface area contributed by atoms with Crippen molar-refractivity contribution in [2.24, 2.45) is 0 Å². The number of hydrogen-bond acceptors (Lipinski definition) is 7. The summed E-state index contributed by atoms with van der Waals surface area (Å²) in [6.45, 7) is 9.25. The molecule has 1 aliphatic rings. The first-order chi connectivity index (χ1) is 9.93. The molecule has 1 N–H and O–H groups in total. The maximum absolute atomic E-state index is 11.4. The van der Waals surface area contributed by atoms with E-state index in [1.54, 1.807) is 6.92 Å². The first kappa shape index (κ1) is 15.4. The Hall–Kier alpha value is -1.96. The van der Waals surface area contributed by atoms with Gasteiger partial charge >= 0.3 is 5.69 Å². The molecule has 2 unspecified atom stereocenters. The second-order valence-corrected chi connectivity index (χ2v) is 5.24. The van der Waals surface area contributed by atoms with Crippen molar-refractivity contribution >= 4 is 17.5 Å². The van der Waals surface area contributed by atoms with Gasteiger partial charge in [-0.15, -0.1) is 0 Å². The van der Waals surface area contributed by atoms with Crippen LogP contribution < -0.4 is 10.2 Å². The highest BCUT2D eigenvalue weighted by Gasteiger charge is 2.32. The average molecular weight is 295 g/mol. The van der Waals surface area contributed by atoms with E-state index in [9.17, 15) is 10.1 Å². The fourth-order valence-corrected chi connectivity index (χ4v) is 2.40. The van der Waals surface area contributed by atoms with E-state index >= 15 is 0 Å². The van der Waals surface area contributed by atoms with Crippen LogP contribution in [0.25, 0.3) is 0 Å². The number of morpholine rings is 1.